The third-order valence-electron chi connectivity index (χ3n) is 1.44. The van der Waals surface area contributed by atoms with E-state index in [0.717, 1.165) is 0 Å². The summed E-state index contributed by atoms with van der Waals surface area (Å²) in [6.07, 6.45) is 0. The van der Waals surface area contributed by atoms with Crippen molar-refractivity contribution in [2.75, 3.05) is 6.66 Å². The Kier molecular flexibility index (Phi) is 4.53. The molecule has 0 saturated heterocycles. The average Bonchev–Trinajstić information content (AvgIpc) is 2.05. The van der Waals surface area contributed by atoms with Crippen LogP contribution in [0.1, 0.15) is 17.8 Å². The number of benzene rings is 1. The highest BCUT2D eigenvalue weighted by Crippen LogP contribution is 2.05. The van der Waals surface area contributed by atoms with Gasteiger partial charge in [0, 0.05) is 5.56 Å². The lowest BCUT2D eigenvalue weighted by Crippen LogP contribution is -2.12. The highest BCUT2D eigenvalue weighted by molar-refractivity contribution is 7.46. The SMILES string of the molecule is C.CPc1cccc(C(N)=O)c1. The van der Waals surface area contributed by atoms with Crippen LogP contribution in [-0.4, -0.2) is 12.6 Å². The van der Waals surface area contributed by atoms with Gasteiger partial charge < -0.3 is 5.73 Å². The summed E-state index contributed by atoms with van der Waals surface area (Å²) in [5, 5.41) is 1.17. The first kappa shape index (κ1) is 11.1. The molecule has 0 heterocycles. The van der Waals surface area contributed by atoms with E-state index < -0.39 is 0 Å². The third kappa shape index (κ3) is 2.63. The molecule has 3 heteroatoms. The van der Waals surface area contributed by atoms with Gasteiger partial charge in [0.1, 0.15) is 0 Å². The summed E-state index contributed by atoms with van der Waals surface area (Å²) >= 11 is 0. The predicted octanol–water partition coefficient (Wildman–Crippen LogP) is 1.36. The number of hydrogen-bond donors (Lipinski definition) is 1. The lowest BCUT2D eigenvalue weighted by molar-refractivity contribution is 0.100. The Morgan fingerprint density at radius 3 is 2.67 bits per heavy atom. The van der Waals surface area contributed by atoms with Crippen molar-refractivity contribution in [3.05, 3.63) is 29.8 Å². The van der Waals surface area contributed by atoms with Gasteiger partial charge in [0.05, 0.1) is 0 Å². The zero-order valence-electron chi connectivity index (χ0n) is 6.29. The molecule has 0 spiro atoms. The molecular formula is C9H14NOP. The predicted molar refractivity (Wildman–Crippen MR) is 55.6 cm³/mol. The summed E-state index contributed by atoms with van der Waals surface area (Å²) < 4.78 is 0. The van der Waals surface area contributed by atoms with Crippen molar-refractivity contribution >= 4 is 19.8 Å². The molecule has 0 aliphatic carbocycles. The van der Waals surface area contributed by atoms with E-state index in [1.807, 2.05) is 18.2 Å². The van der Waals surface area contributed by atoms with Gasteiger partial charge in [0.2, 0.25) is 5.91 Å². The zero-order valence-corrected chi connectivity index (χ0v) is 7.29. The first-order valence-electron chi connectivity index (χ1n) is 3.31. The van der Waals surface area contributed by atoms with Crippen LogP contribution in [0, 0.1) is 0 Å². The van der Waals surface area contributed by atoms with Gasteiger partial charge >= 0.3 is 0 Å². The van der Waals surface area contributed by atoms with E-state index >= 15 is 0 Å². The minimum atomic E-state index is -0.356. The molecule has 1 amide bonds. The van der Waals surface area contributed by atoms with Gasteiger partial charge in [-0.3, -0.25) is 4.79 Å². The Balaban J connectivity index is 0.00000121. The molecule has 66 valence electrons. The Morgan fingerprint density at radius 1 is 1.50 bits per heavy atom. The van der Waals surface area contributed by atoms with Crippen molar-refractivity contribution < 1.29 is 4.79 Å². The summed E-state index contributed by atoms with van der Waals surface area (Å²) in [4.78, 5) is 10.7. The first-order valence-corrected chi connectivity index (χ1v) is 4.81. The third-order valence-corrected chi connectivity index (χ3v) is 2.32. The van der Waals surface area contributed by atoms with Crippen LogP contribution in [0.4, 0.5) is 0 Å². The van der Waals surface area contributed by atoms with Gasteiger partial charge in [-0.2, -0.15) is 0 Å². The lowest BCUT2D eigenvalue weighted by Gasteiger charge is -1.97. The van der Waals surface area contributed by atoms with Gasteiger partial charge in [0.25, 0.3) is 0 Å². The quantitative estimate of drug-likeness (QED) is 0.691. The summed E-state index contributed by atoms with van der Waals surface area (Å²) in [5.41, 5.74) is 5.70. The molecule has 0 aromatic heterocycles. The fourth-order valence-corrected chi connectivity index (χ4v) is 1.39. The van der Waals surface area contributed by atoms with Crippen LogP contribution in [0.25, 0.3) is 0 Å². The van der Waals surface area contributed by atoms with Crippen LogP contribution in [0.5, 0.6) is 0 Å². The maximum atomic E-state index is 10.7. The fourth-order valence-electron chi connectivity index (χ4n) is 0.828. The minimum Gasteiger partial charge on any atom is -0.366 e. The molecule has 0 bridgehead atoms. The number of carbonyl (C=O) groups excluding carboxylic acids is 1. The number of carbonyl (C=O) groups is 1. The first-order chi connectivity index (χ1) is 5.24. The molecule has 0 saturated carbocycles. The normalized spacial score (nSPS) is 9.75. The summed E-state index contributed by atoms with van der Waals surface area (Å²) in [5.74, 6) is -0.356. The second-order valence-electron chi connectivity index (χ2n) is 2.20. The molecule has 12 heavy (non-hydrogen) atoms. The van der Waals surface area contributed by atoms with Crippen LogP contribution in [-0.2, 0) is 0 Å². The van der Waals surface area contributed by atoms with Gasteiger partial charge in [-0.05, 0) is 24.1 Å². The molecule has 2 N–H and O–H groups in total. The van der Waals surface area contributed by atoms with Crippen molar-refractivity contribution in [2.24, 2.45) is 5.73 Å². The summed E-state index contributed by atoms with van der Waals surface area (Å²) in [6.45, 7) is 2.07. The number of hydrogen-bond acceptors (Lipinski definition) is 1. The number of nitrogens with two attached hydrogens (primary N) is 1. The molecule has 1 aromatic rings. The van der Waals surface area contributed by atoms with E-state index in [1.54, 1.807) is 6.07 Å². The molecule has 1 aromatic carbocycles. The van der Waals surface area contributed by atoms with Crippen molar-refractivity contribution in [2.45, 2.75) is 7.43 Å². The smallest absolute Gasteiger partial charge is 0.248 e. The second-order valence-corrected chi connectivity index (χ2v) is 3.27. The second kappa shape index (κ2) is 4.89. The number of amides is 1. The van der Waals surface area contributed by atoms with E-state index in [0.29, 0.717) is 14.1 Å². The molecule has 2 nitrogen and oxygen atoms in total. The largest absolute Gasteiger partial charge is 0.366 e. The molecular weight excluding hydrogens is 169 g/mol. The number of rotatable bonds is 2. The molecule has 0 radical (unpaired) electrons. The van der Waals surface area contributed by atoms with Crippen LogP contribution in [0.15, 0.2) is 24.3 Å². The fraction of sp³-hybridized carbons (Fsp3) is 0.222. The van der Waals surface area contributed by atoms with Crippen LogP contribution in [0.3, 0.4) is 0 Å². The van der Waals surface area contributed by atoms with Crippen molar-refractivity contribution in [3.8, 4) is 0 Å². The Bertz CT molecular complexity index is 273. The topological polar surface area (TPSA) is 43.1 Å². The van der Waals surface area contributed by atoms with E-state index in [-0.39, 0.29) is 13.3 Å². The number of primary amides is 1. The Morgan fingerprint density at radius 2 is 2.17 bits per heavy atom. The van der Waals surface area contributed by atoms with Crippen LogP contribution < -0.4 is 11.0 Å². The molecule has 0 aliphatic rings. The van der Waals surface area contributed by atoms with E-state index in [9.17, 15) is 4.79 Å². The summed E-state index contributed by atoms with van der Waals surface area (Å²) in [6, 6.07) is 7.41. The Hall–Kier alpha value is -0.880. The van der Waals surface area contributed by atoms with Gasteiger partial charge in [-0.1, -0.05) is 28.1 Å². The maximum absolute atomic E-state index is 10.7. The Labute approximate surface area is 74.9 Å². The lowest BCUT2D eigenvalue weighted by atomic mass is 10.2. The monoisotopic (exact) mass is 183 g/mol. The summed E-state index contributed by atoms with van der Waals surface area (Å²) in [7, 11) is 0.711. The van der Waals surface area contributed by atoms with Crippen LogP contribution in [0.2, 0.25) is 0 Å². The standard InChI is InChI=1S/C8H10NOP.CH4/c1-11-7-4-2-3-6(5-7)8(9)10;/h2-5,11H,1H3,(H2,9,10);1H4. The molecule has 1 rings (SSSR count). The van der Waals surface area contributed by atoms with Crippen molar-refractivity contribution in [3.63, 3.8) is 0 Å². The van der Waals surface area contributed by atoms with Crippen LogP contribution >= 0.6 is 8.58 Å². The van der Waals surface area contributed by atoms with Gasteiger partial charge in [-0.25, -0.2) is 0 Å². The van der Waals surface area contributed by atoms with Gasteiger partial charge in [0.15, 0.2) is 0 Å². The zero-order chi connectivity index (χ0) is 8.27. The molecule has 0 fully saturated rings. The molecule has 1 atom stereocenters. The van der Waals surface area contributed by atoms with E-state index in [2.05, 4.69) is 6.66 Å². The van der Waals surface area contributed by atoms with Gasteiger partial charge in [-0.15, -0.1) is 0 Å². The minimum absolute atomic E-state index is 0. The van der Waals surface area contributed by atoms with Crippen molar-refractivity contribution in [1.82, 2.24) is 0 Å². The highest BCUT2D eigenvalue weighted by Gasteiger charge is 1.98. The highest BCUT2D eigenvalue weighted by atomic mass is 31.1. The van der Waals surface area contributed by atoms with E-state index in [4.69, 9.17) is 5.73 Å². The maximum Gasteiger partial charge on any atom is 0.248 e. The molecule has 1 unspecified atom stereocenters. The van der Waals surface area contributed by atoms with Crippen molar-refractivity contribution in [1.29, 1.82) is 0 Å². The van der Waals surface area contributed by atoms with E-state index in [1.165, 1.54) is 5.30 Å². The molecule has 0 aliphatic heterocycles. The average molecular weight is 183 g/mol.